The Balaban J connectivity index is 1.92. The minimum atomic E-state index is 0.577. The van der Waals surface area contributed by atoms with Gasteiger partial charge in [0.1, 0.15) is 0 Å². The van der Waals surface area contributed by atoms with Crippen LogP contribution in [0.15, 0.2) is 0 Å². The molecule has 2 heteroatoms. The molecule has 0 aliphatic heterocycles. The summed E-state index contributed by atoms with van der Waals surface area (Å²) in [6.45, 7) is 5.63. The molecule has 0 aromatic heterocycles. The SMILES string of the molecule is CC(C)CN(C(=N)C1CCCCC1)C1CC1. The van der Waals surface area contributed by atoms with Crippen molar-refractivity contribution in [3.63, 3.8) is 0 Å². The Hall–Kier alpha value is -0.530. The van der Waals surface area contributed by atoms with Crippen molar-refractivity contribution in [2.45, 2.75) is 64.8 Å². The third-order valence-corrected chi connectivity index (χ3v) is 3.85. The Morgan fingerprint density at radius 3 is 2.25 bits per heavy atom. The summed E-state index contributed by atoms with van der Waals surface area (Å²) in [6, 6.07) is 0.719. The van der Waals surface area contributed by atoms with Crippen LogP contribution in [0.3, 0.4) is 0 Å². The van der Waals surface area contributed by atoms with Crippen LogP contribution in [0.5, 0.6) is 0 Å². The van der Waals surface area contributed by atoms with E-state index in [9.17, 15) is 0 Å². The average molecular weight is 222 g/mol. The van der Waals surface area contributed by atoms with Crippen molar-refractivity contribution in [2.75, 3.05) is 6.54 Å². The van der Waals surface area contributed by atoms with E-state index in [2.05, 4.69) is 18.7 Å². The van der Waals surface area contributed by atoms with Crippen LogP contribution in [0.2, 0.25) is 0 Å². The van der Waals surface area contributed by atoms with Gasteiger partial charge in [0.15, 0.2) is 0 Å². The van der Waals surface area contributed by atoms with E-state index in [0.717, 1.165) is 18.4 Å². The zero-order valence-corrected chi connectivity index (χ0v) is 10.8. The third-order valence-electron chi connectivity index (χ3n) is 3.85. The first-order chi connectivity index (χ1) is 7.68. The van der Waals surface area contributed by atoms with Gasteiger partial charge in [-0.3, -0.25) is 5.41 Å². The van der Waals surface area contributed by atoms with E-state index in [0.29, 0.717) is 11.8 Å². The first-order valence-electron chi connectivity index (χ1n) is 7.03. The minimum Gasteiger partial charge on any atom is -0.357 e. The third kappa shape index (κ3) is 2.99. The van der Waals surface area contributed by atoms with Gasteiger partial charge >= 0.3 is 0 Å². The first kappa shape index (κ1) is 11.9. The molecule has 2 rings (SSSR count). The fourth-order valence-corrected chi connectivity index (χ4v) is 2.83. The maximum absolute atomic E-state index is 8.43. The van der Waals surface area contributed by atoms with Crippen molar-refractivity contribution in [3.8, 4) is 0 Å². The van der Waals surface area contributed by atoms with Gasteiger partial charge in [-0.15, -0.1) is 0 Å². The van der Waals surface area contributed by atoms with E-state index in [1.165, 1.54) is 44.9 Å². The fraction of sp³-hybridized carbons (Fsp3) is 0.929. The van der Waals surface area contributed by atoms with Gasteiger partial charge < -0.3 is 4.90 Å². The van der Waals surface area contributed by atoms with E-state index in [1.807, 2.05) is 0 Å². The van der Waals surface area contributed by atoms with Crippen LogP contribution in [-0.4, -0.2) is 23.3 Å². The molecule has 92 valence electrons. The van der Waals surface area contributed by atoms with Crippen molar-refractivity contribution >= 4 is 5.84 Å². The largest absolute Gasteiger partial charge is 0.357 e. The summed E-state index contributed by atoms with van der Waals surface area (Å²) in [5, 5.41) is 8.43. The van der Waals surface area contributed by atoms with Crippen molar-refractivity contribution in [1.82, 2.24) is 4.90 Å². The zero-order valence-electron chi connectivity index (χ0n) is 10.8. The number of nitrogens with zero attached hydrogens (tertiary/aromatic N) is 1. The molecule has 0 aromatic rings. The molecule has 2 nitrogen and oxygen atoms in total. The average Bonchev–Trinajstić information content (AvgIpc) is 3.10. The molecule has 0 spiro atoms. The topological polar surface area (TPSA) is 27.1 Å². The van der Waals surface area contributed by atoms with Crippen LogP contribution < -0.4 is 0 Å². The molecule has 0 bridgehead atoms. The highest BCUT2D eigenvalue weighted by molar-refractivity contribution is 5.82. The lowest BCUT2D eigenvalue weighted by Crippen LogP contribution is -2.40. The number of hydrogen-bond acceptors (Lipinski definition) is 1. The molecule has 0 saturated heterocycles. The Morgan fingerprint density at radius 2 is 1.75 bits per heavy atom. The van der Waals surface area contributed by atoms with Crippen molar-refractivity contribution < 1.29 is 0 Å². The molecule has 2 saturated carbocycles. The molecule has 2 fully saturated rings. The summed E-state index contributed by atoms with van der Waals surface area (Å²) < 4.78 is 0. The van der Waals surface area contributed by atoms with E-state index in [1.54, 1.807) is 0 Å². The second kappa shape index (κ2) is 5.20. The highest BCUT2D eigenvalue weighted by atomic mass is 15.2. The molecule has 2 aliphatic carbocycles. The van der Waals surface area contributed by atoms with Gasteiger partial charge in [-0.25, -0.2) is 0 Å². The monoisotopic (exact) mass is 222 g/mol. The second-order valence-electron chi connectivity index (χ2n) is 6.00. The number of rotatable bonds is 4. The van der Waals surface area contributed by atoms with Gasteiger partial charge in [-0.2, -0.15) is 0 Å². The zero-order chi connectivity index (χ0) is 11.5. The van der Waals surface area contributed by atoms with Gasteiger partial charge in [-0.05, 0) is 31.6 Å². The number of nitrogens with one attached hydrogen (secondary N) is 1. The molecular weight excluding hydrogens is 196 g/mol. The van der Waals surface area contributed by atoms with E-state index >= 15 is 0 Å². The number of amidine groups is 1. The van der Waals surface area contributed by atoms with Crippen LogP contribution >= 0.6 is 0 Å². The highest BCUT2D eigenvalue weighted by Gasteiger charge is 2.33. The Morgan fingerprint density at radius 1 is 1.12 bits per heavy atom. The van der Waals surface area contributed by atoms with Gasteiger partial charge in [-0.1, -0.05) is 33.1 Å². The van der Waals surface area contributed by atoms with E-state index in [4.69, 9.17) is 5.41 Å². The first-order valence-corrected chi connectivity index (χ1v) is 7.03. The van der Waals surface area contributed by atoms with Crippen molar-refractivity contribution in [2.24, 2.45) is 11.8 Å². The fourth-order valence-electron chi connectivity index (χ4n) is 2.83. The van der Waals surface area contributed by atoms with Crippen LogP contribution in [0.4, 0.5) is 0 Å². The summed E-state index contributed by atoms with van der Waals surface area (Å²) in [5.74, 6) is 2.23. The molecule has 0 heterocycles. The van der Waals surface area contributed by atoms with Gasteiger partial charge in [0.2, 0.25) is 0 Å². The van der Waals surface area contributed by atoms with Gasteiger partial charge in [0.25, 0.3) is 0 Å². The van der Waals surface area contributed by atoms with Crippen LogP contribution in [0, 0.1) is 17.2 Å². The number of hydrogen-bond donors (Lipinski definition) is 1. The van der Waals surface area contributed by atoms with E-state index < -0.39 is 0 Å². The molecule has 2 aliphatic rings. The molecule has 1 N–H and O–H groups in total. The Kier molecular flexibility index (Phi) is 3.88. The normalized spacial score (nSPS) is 22.4. The molecule has 0 unspecified atom stereocenters. The van der Waals surface area contributed by atoms with Crippen molar-refractivity contribution in [1.29, 1.82) is 5.41 Å². The minimum absolute atomic E-state index is 0.577. The lowest BCUT2D eigenvalue weighted by Gasteiger charge is -2.33. The summed E-state index contributed by atoms with van der Waals surface area (Å²) in [6.07, 6.45) is 9.24. The molecule has 0 atom stereocenters. The predicted octanol–water partition coefficient (Wildman–Crippen LogP) is 3.66. The lowest BCUT2D eigenvalue weighted by atomic mass is 9.87. The molecule has 0 radical (unpaired) electrons. The molecular formula is C14H26N2. The molecule has 0 amide bonds. The summed E-state index contributed by atoms with van der Waals surface area (Å²) in [5.41, 5.74) is 0. The van der Waals surface area contributed by atoms with Crippen LogP contribution in [0.25, 0.3) is 0 Å². The quantitative estimate of drug-likeness (QED) is 0.570. The molecule has 0 aromatic carbocycles. The summed E-state index contributed by atoms with van der Waals surface area (Å²) >= 11 is 0. The Labute approximate surface area is 99.9 Å². The maximum atomic E-state index is 8.43. The lowest BCUT2D eigenvalue weighted by molar-refractivity contribution is 0.315. The van der Waals surface area contributed by atoms with Crippen LogP contribution in [0.1, 0.15) is 58.8 Å². The smallest absolute Gasteiger partial charge is 0.0992 e. The van der Waals surface area contributed by atoms with Crippen LogP contribution in [-0.2, 0) is 0 Å². The van der Waals surface area contributed by atoms with Crippen molar-refractivity contribution in [3.05, 3.63) is 0 Å². The standard InChI is InChI=1S/C14H26N2/c1-11(2)10-16(13-8-9-13)14(15)12-6-4-3-5-7-12/h11-13,15H,3-10H2,1-2H3. The van der Waals surface area contributed by atoms with Gasteiger partial charge in [0.05, 0.1) is 5.84 Å². The Bertz CT molecular complexity index is 237. The predicted molar refractivity (Wildman–Crippen MR) is 68.9 cm³/mol. The summed E-state index contributed by atoms with van der Waals surface area (Å²) in [7, 11) is 0. The highest BCUT2D eigenvalue weighted by Crippen LogP contribution is 2.32. The maximum Gasteiger partial charge on any atom is 0.0992 e. The van der Waals surface area contributed by atoms with Gasteiger partial charge in [0, 0.05) is 18.5 Å². The van der Waals surface area contributed by atoms with E-state index in [-0.39, 0.29) is 0 Å². The second-order valence-corrected chi connectivity index (χ2v) is 6.00. The summed E-state index contributed by atoms with van der Waals surface area (Å²) in [4.78, 5) is 2.42. The molecule has 16 heavy (non-hydrogen) atoms.